The van der Waals surface area contributed by atoms with Crippen LogP contribution >= 0.6 is 0 Å². The summed E-state index contributed by atoms with van der Waals surface area (Å²) >= 11 is 0. The molecule has 0 saturated carbocycles. The van der Waals surface area contributed by atoms with Crippen molar-refractivity contribution in [3.05, 3.63) is 30.1 Å². The number of piperidine rings is 1. The molecule has 4 nitrogen and oxygen atoms in total. The Labute approximate surface area is 120 Å². The van der Waals surface area contributed by atoms with Gasteiger partial charge in [-0.05, 0) is 36.9 Å². The summed E-state index contributed by atoms with van der Waals surface area (Å²) in [6.45, 7) is 7.54. The maximum Gasteiger partial charge on any atom is 0.151 e. The third-order valence-corrected chi connectivity index (χ3v) is 4.16. The van der Waals surface area contributed by atoms with E-state index in [0.29, 0.717) is 6.54 Å². The Morgan fingerprint density at radius 1 is 1.25 bits per heavy atom. The van der Waals surface area contributed by atoms with Crippen LogP contribution in [0.25, 0.3) is 5.65 Å². The number of pyridine rings is 1. The molecule has 2 N–H and O–H groups in total. The maximum atomic E-state index is 5.80. The van der Waals surface area contributed by atoms with E-state index in [4.69, 9.17) is 10.7 Å². The first-order chi connectivity index (χ1) is 9.69. The van der Waals surface area contributed by atoms with Crippen molar-refractivity contribution in [3.63, 3.8) is 0 Å². The number of aromatic nitrogens is 2. The first-order valence-corrected chi connectivity index (χ1v) is 7.60. The monoisotopic (exact) mass is 272 g/mol. The van der Waals surface area contributed by atoms with E-state index in [1.165, 1.54) is 12.1 Å². The maximum absolute atomic E-state index is 5.80. The second kappa shape index (κ2) is 5.44. The molecule has 1 saturated heterocycles. The van der Waals surface area contributed by atoms with Crippen molar-refractivity contribution < 1.29 is 0 Å². The molecular formula is C16H24N4. The van der Waals surface area contributed by atoms with Crippen LogP contribution in [0.15, 0.2) is 24.4 Å². The quantitative estimate of drug-likeness (QED) is 0.932. The molecule has 2 atom stereocenters. The zero-order chi connectivity index (χ0) is 14.1. The lowest BCUT2D eigenvalue weighted by Gasteiger charge is -2.35. The van der Waals surface area contributed by atoms with Gasteiger partial charge in [0.15, 0.2) is 5.82 Å². The highest BCUT2D eigenvalue weighted by atomic mass is 15.2. The lowest BCUT2D eigenvalue weighted by atomic mass is 9.92. The van der Waals surface area contributed by atoms with Crippen molar-refractivity contribution >= 4 is 11.5 Å². The molecule has 20 heavy (non-hydrogen) atoms. The normalized spacial score (nSPS) is 23.4. The number of nitrogens with zero attached hydrogens (tertiary/aromatic N) is 3. The van der Waals surface area contributed by atoms with Crippen molar-refractivity contribution in [2.24, 2.45) is 17.6 Å². The van der Waals surface area contributed by atoms with Gasteiger partial charge in [0.05, 0.1) is 5.69 Å². The number of hydrogen-bond donors (Lipinski definition) is 1. The lowest BCUT2D eigenvalue weighted by Crippen LogP contribution is -2.39. The molecule has 2 aromatic heterocycles. The van der Waals surface area contributed by atoms with Crippen molar-refractivity contribution in [1.82, 2.24) is 9.38 Å². The van der Waals surface area contributed by atoms with Gasteiger partial charge in [-0.15, -0.1) is 0 Å². The fourth-order valence-electron chi connectivity index (χ4n) is 3.49. The highest BCUT2D eigenvalue weighted by Crippen LogP contribution is 2.29. The molecule has 2 unspecified atom stereocenters. The third-order valence-electron chi connectivity index (χ3n) is 4.16. The second-order valence-electron chi connectivity index (χ2n) is 6.20. The first-order valence-electron chi connectivity index (χ1n) is 7.60. The highest BCUT2D eigenvalue weighted by molar-refractivity contribution is 5.56. The summed E-state index contributed by atoms with van der Waals surface area (Å²) in [5.41, 5.74) is 8.08. The largest absolute Gasteiger partial charge is 0.355 e. The van der Waals surface area contributed by atoms with Gasteiger partial charge in [-0.2, -0.15) is 0 Å². The summed E-state index contributed by atoms with van der Waals surface area (Å²) in [5.74, 6) is 2.60. The van der Waals surface area contributed by atoms with Crippen LogP contribution in [0.3, 0.4) is 0 Å². The lowest BCUT2D eigenvalue weighted by molar-refractivity contribution is 0.355. The molecule has 0 radical (unpaired) electrons. The van der Waals surface area contributed by atoms with Crippen LogP contribution in [0.5, 0.6) is 0 Å². The molecule has 4 heteroatoms. The SMILES string of the molecule is CC1CC(C)CN(c2nc3ccccn3c2CCN)C1. The number of hydrogen-bond acceptors (Lipinski definition) is 3. The Bertz CT molecular complexity index is 579. The second-order valence-corrected chi connectivity index (χ2v) is 6.20. The Balaban J connectivity index is 2.03. The van der Waals surface area contributed by atoms with E-state index in [1.807, 2.05) is 6.07 Å². The van der Waals surface area contributed by atoms with E-state index >= 15 is 0 Å². The van der Waals surface area contributed by atoms with Crippen LogP contribution in [0.1, 0.15) is 26.0 Å². The summed E-state index contributed by atoms with van der Waals surface area (Å²) in [6, 6.07) is 6.17. The molecule has 0 aliphatic carbocycles. The van der Waals surface area contributed by atoms with Crippen molar-refractivity contribution in [1.29, 1.82) is 0 Å². The fourth-order valence-corrected chi connectivity index (χ4v) is 3.49. The molecular weight excluding hydrogens is 248 g/mol. The first kappa shape index (κ1) is 13.4. The number of rotatable bonds is 3. The zero-order valence-corrected chi connectivity index (χ0v) is 12.4. The Morgan fingerprint density at radius 2 is 2.00 bits per heavy atom. The average molecular weight is 272 g/mol. The minimum atomic E-state index is 0.661. The molecule has 108 valence electrons. The highest BCUT2D eigenvalue weighted by Gasteiger charge is 2.26. The van der Waals surface area contributed by atoms with Gasteiger partial charge in [0.25, 0.3) is 0 Å². The van der Waals surface area contributed by atoms with E-state index in [2.05, 4.69) is 41.5 Å². The number of anilines is 1. The molecule has 1 aliphatic heterocycles. The topological polar surface area (TPSA) is 46.6 Å². The van der Waals surface area contributed by atoms with E-state index in [1.54, 1.807) is 0 Å². The summed E-state index contributed by atoms with van der Waals surface area (Å²) in [5, 5.41) is 0. The van der Waals surface area contributed by atoms with Gasteiger partial charge in [-0.1, -0.05) is 19.9 Å². The van der Waals surface area contributed by atoms with Gasteiger partial charge >= 0.3 is 0 Å². The average Bonchev–Trinajstić information content (AvgIpc) is 2.77. The smallest absolute Gasteiger partial charge is 0.151 e. The van der Waals surface area contributed by atoms with E-state index in [-0.39, 0.29) is 0 Å². The molecule has 3 rings (SSSR count). The number of nitrogens with two attached hydrogens (primary N) is 1. The molecule has 1 fully saturated rings. The Hall–Kier alpha value is -1.55. The van der Waals surface area contributed by atoms with Crippen molar-refractivity contribution in [3.8, 4) is 0 Å². The van der Waals surface area contributed by atoms with Gasteiger partial charge in [0.1, 0.15) is 5.65 Å². The zero-order valence-electron chi connectivity index (χ0n) is 12.4. The van der Waals surface area contributed by atoms with Crippen molar-refractivity contribution in [2.45, 2.75) is 26.7 Å². The van der Waals surface area contributed by atoms with Crippen LogP contribution in [0.2, 0.25) is 0 Å². The molecule has 0 spiro atoms. The predicted molar refractivity (Wildman–Crippen MR) is 83.1 cm³/mol. The van der Waals surface area contributed by atoms with Gasteiger partial charge in [-0.25, -0.2) is 4.98 Å². The Morgan fingerprint density at radius 3 is 2.70 bits per heavy atom. The van der Waals surface area contributed by atoms with E-state index in [0.717, 1.165) is 42.8 Å². The Kier molecular flexibility index (Phi) is 3.66. The van der Waals surface area contributed by atoms with E-state index < -0.39 is 0 Å². The molecule has 2 aromatic rings. The van der Waals surface area contributed by atoms with Gasteiger partial charge in [0.2, 0.25) is 0 Å². The van der Waals surface area contributed by atoms with Crippen LogP contribution in [0.4, 0.5) is 5.82 Å². The minimum Gasteiger partial charge on any atom is -0.355 e. The minimum absolute atomic E-state index is 0.661. The van der Waals surface area contributed by atoms with Gasteiger partial charge in [-0.3, -0.25) is 0 Å². The molecule has 1 aliphatic rings. The molecule has 0 aromatic carbocycles. The fraction of sp³-hybridized carbons (Fsp3) is 0.562. The summed E-state index contributed by atoms with van der Waals surface area (Å²) in [6.07, 6.45) is 4.28. The van der Waals surface area contributed by atoms with Gasteiger partial charge in [0, 0.05) is 25.7 Å². The predicted octanol–water partition coefficient (Wildman–Crippen LogP) is 2.32. The van der Waals surface area contributed by atoms with Crippen molar-refractivity contribution in [2.75, 3.05) is 24.5 Å². The number of imidazole rings is 1. The third kappa shape index (κ3) is 2.40. The number of fused-ring (bicyclic) bond motifs is 1. The molecule has 0 amide bonds. The van der Waals surface area contributed by atoms with E-state index in [9.17, 15) is 0 Å². The van der Waals surface area contributed by atoms with Crippen LogP contribution in [-0.4, -0.2) is 29.0 Å². The molecule has 3 heterocycles. The van der Waals surface area contributed by atoms with Gasteiger partial charge < -0.3 is 15.0 Å². The standard InChI is InChI=1S/C16H24N4/c1-12-9-13(2)11-19(10-12)16-14(6-7-17)20-8-4-3-5-15(20)18-16/h3-5,8,12-13H,6-7,9-11,17H2,1-2H3. The summed E-state index contributed by atoms with van der Waals surface area (Å²) in [4.78, 5) is 7.31. The van der Waals surface area contributed by atoms with Crippen LogP contribution < -0.4 is 10.6 Å². The van der Waals surface area contributed by atoms with Crippen LogP contribution in [-0.2, 0) is 6.42 Å². The summed E-state index contributed by atoms with van der Waals surface area (Å²) in [7, 11) is 0. The summed E-state index contributed by atoms with van der Waals surface area (Å²) < 4.78 is 2.19. The molecule has 0 bridgehead atoms. The van der Waals surface area contributed by atoms with Crippen LogP contribution in [0, 0.1) is 11.8 Å².